The lowest BCUT2D eigenvalue weighted by atomic mass is 10.2. The Balaban J connectivity index is 0.000000281. The van der Waals surface area contributed by atoms with Crippen LogP contribution in [0.1, 0.15) is 32.6 Å². The maximum absolute atomic E-state index is 8.33. The summed E-state index contributed by atoms with van der Waals surface area (Å²) >= 11 is 0. The number of aliphatic hydroxyl groups is 2. The van der Waals surface area contributed by atoms with Crippen LogP contribution in [0.2, 0.25) is 0 Å². The van der Waals surface area contributed by atoms with Crippen LogP contribution in [0.4, 0.5) is 11.4 Å². The van der Waals surface area contributed by atoms with E-state index >= 15 is 0 Å². The standard InChI is InChI=1S/C6H8N2.C6H14O2/c7-5-3-1-2-4-6(5)8;1-2-3-4-5-6(7)8/h1-4H,7-8H2;6-8H,2-5H2,1H3. The van der Waals surface area contributed by atoms with Gasteiger partial charge in [0.2, 0.25) is 0 Å². The van der Waals surface area contributed by atoms with Gasteiger partial charge >= 0.3 is 0 Å². The van der Waals surface area contributed by atoms with Gasteiger partial charge in [0.25, 0.3) is 0 Å². The van der Waals surface area contributed by atoms with Gasteiger partial charge in [0, 0.05) is 0 Å². The van der Waals surface area contributed by atoms with E-state index in [0.29, 0.717) is 17.8 Å². The molecule has 0 heterocycles. The minimum atomic E-state index is -1.10. The van der Waals surface area contributed by atoms with Crippen molar-refractivity contribution in [2.24, 2.45) is 0 Å². The highest BCUT2D eigenvalue weighted by molar-refractivity contribution is 5.62. The summed E-state index contributed by atoms with van der Waals surface area (Å²) in [5.74, 6) is 0. The highest BCUT2D eigenvalue weighted by Gasteiger charge is 1.93. The molecule has 16 heavy (non-hydrogen) atoms. The molecule has 1 aromatic rings. The smallest absolute Gasteiger partial charge is 0.151 e. The molecule has 0 atom stereocenters. The van der Waals surface area contributed by atoms with Crippen molar-refractivity contribution in [1.82, 2.24) is 0 Å². The van der Waals surface area contributed by atoms with Gasteiger partial charge in [-0.3, -0.25) is 0 Å². The van der Waals surface area contributed by atoms with E-state index in [9.17, 15) is 0 Å². The second-order valence-corrected chi connectivity index (χ2v) is 3.61. The first-order valence-corrected chi connectivity index (χ1v) is 5.54. The van der Waals surface area contributed by atoms with E-state index in [-0.39, 0.29) is 0 Å². The van der Waals surface area contributed by atoms with Crippen LogP contribution in [-0.4, -0.2) is 16.5 Å². The molecule has 0 saturated carbocycles. The molecule has 1 rings (SSSR count). The van der Waals surface area contributed by atoms with Crippen molar-refractivity contribution in [1.29, 1.82) is 0 Å². The monoisotopic (exact) mass is 226 g/mol. The number of hydrogen-bond acceptors (Lipinski definition) is 4. The first-order valence-electron chi connectivity index (χ1n) is 5.54. The normalized spacial score (nSPS) is 9.75. The molecule has 0 aromatic heterocycles. The summed E-state index contributed by atoms with van der Waals surface area (Å²) in [7, 11) is 0. The molecule has 92 valence electrons. The lowest BCUT2D eigenvalue weighted by Crippen LogP contribution is -2.02. The molecule has 0 saturated heterocycles. The Bertz CT molecular complexity index is 256. The predicted octanol–water partition coefficient (Wildman–Crippen LogP) is 1.73. The number of para-hydroxylation sites is 2. The maximum Gasteiger partial charge on any atom is 0.151 e. The Morgan fingerprint density at radius 2 is 1.56 bits per heavy atom. The molecule has 4 heteroatoms. The lowest BCUT2D eigenvalue weighted by molar-refractivity contribution is -0.0465. The molecule has 0 aliphatic heterocycles. The zero-order chi connectivity index (χ0) is 12.4. The third kappa shape index (κ3) is 8.08. The fraction of sp³-hybridized carbons (Fsp3) is 0.500. The van der Waals surface area contributed by atoms with Crippen LogP contribution in [-0.2, 0) is 0 Å². The first kappa shape index (κ1) is 14.7. The van der Waals surface area contributed by atoms with Crippen molar-refractivity contribution in [3.05, 3.63) is 24.3 Å². The number of unbranched alkanes of at least 4 members (excludes halogenated alkanes) is 2. The van der Waals surface area contributed by atoms with E-state index in [1.807, 2.05) is 12.1 Å². The van der Waals surface area contributed by atoms with Crippen LogP contribution in [0.5, 0.6) is 0 Å². The van der Waals surface area contributed by atoms with Gasteiger partial charge in [0.05, 0.1) is 11.4 Å². The number of nitrogens with two attached hydrogens (primary N) is 2. The Kier molecular flexibility index (Phi) is 8.29. The number of anilines is 2. The van der Waals surface area contributed by atoms with E-state index in [4.69, 9.17) is 21.7 Å². The molecule has 0 aliphatic rings. The Morgan fingerprint density at radius 1 is 1.06 bits per heavy atom. The number of aliphatic hydroxyl groups excluding tert-OH is 1. The van der Waals surface area contributed by atoms with Crippen LogP contribution in [0, 0.1) is 0 Å². The average molecular weight is 226 g/mol. The van der Waals surface area contributed by atoms with Crippen molar-refractivity contribution in [2.75, 3.05) is 11.5 Å². The molecule has 0 amide bonds. The van der Waals surface area contributed by atoms with Gasteiger partial charge in [-0.05, 0) is 25.0 Å². The second kappa shape index (κ2) is 9.00. The SMILES string of the molecule is CCCCCC(O)O.Nc1ccccc1N. The van der Waals surface area contributed by atoms with E-state index in [2.05, 4.69) is 6.92 Å². The van der Waals surface area contributed by atoms with Crippen molar-refractivity contribution < 1.29 is 10.2 Å². The van der Waals surface area contributed by atoms with E-state index in [1.165, 1.54) is 0 Å². The summed E-state index contributed by atoms with van der Waals surface area (Å²) < 4.78 is 0. The largest absolute Gasteiger partial charge is 0.397 e. The van der Waals surface area contributed by atoms with Gasteiger partial charge in [-0.1, -0.05) is 31.9 Å². The third-order valence-corrected chi connectivity index (χ3v) is 2.06. The molecule has 0 radical (unpaired) electrons. The zero-order valence-electron chi connectivity index (χ0n) is 9.76. The highest BCUT2D eigenvalue weighted by atomic mass is 16.5. The first-order chi connectivity index (χ1) is 7.57. The van der Waals surface area contributed by atoms with E-state index < -0.39 is 6.29 Å². The summed E-state index contributed by atoms with van der Waals surface area (Å²) in [5, 5.41) is 16.7. The molecule has 0 unspecified atom stereocenters. The second-order valence-electron chi connectivity index (χ2n) is 3.61. The molecule has 4 nitrogen and oxygen atoms in total. The number of hydrogen-bond donors (Lipinski definition) is 4. The number of nitrogen functional groups attached to an aromatic ring is 2. The molecule has 0 spiro atoms. The maximum atomic E-state index is 8.33. The summed E-state index contributed by atoms with van der Waals surface area (Å²) in [5.41, 5.74) is 12.1. The van der Waals surface area contributed by atoms with Crippen LogP contribution in [0.15, 0.2) is 24.3 Å². The Hall–Kier alpha value is -1.26. The van der Waals surface area contributed by atoms with E-state index in [1.54, 1.807) is 12.1 Å². The summed E-state index contributed by atoms with van der Waals surface area (Å²) in [4.78, 5) is 0. The van der Waals surface area contributed by atoms with Crippen LogP contribution >= 0.6 is 0 Å². The summed E-state index contributed by atoms with van der Waals surface area (Å²) in [6.07, 6.45) is 2.58. The number of benzene rings is 1. The van der Waals surface area contributed by atoms with Crippen LogP contribution in [0.3, 0.4) is 0 Å². The molecule has 6 N–H and O–H groups in total. The molecule has 1 aromatic carbocycles. The van der Waals surface area contributed by atoms with Gasteiger partial charge in [-0.25, -0.2) is 0 Å². The Morgan fingerprint density at radius 3 is 1.88 bits per heavy atom. The van der Waals surface area contributed by atoms with Crippen LogP contribution < -0.4 is 11.5 Å². The fourth-order valence-corrected chi connectivity index (χ4v) is 1.09. The third-order valence-electron chi connectivity index (χ3n) is 2.06. The molecular weight excluding hydrogens is 204 g/mol. The number of rotatable bonds is 4. The minimum absolute atomic E-state index is 0.522. The topological polar surface area (TPSA) is 92.5 Å². The average Bonchev–Trinajstić information content (AvgIpc) is 2.23. The van der Waals surface area contributed by atoms with Gasteiger partial charge in [-0.2, -0.15) is 0 Å². The molecular formula is C12H22N2O2. The predicted molar refractivity (Wildman–Crippen MR) is 67.6 cm³/mol. The minimum Gasteiger partial charge on any atom is -0.397 e. The van der Waals surface area contributed by atoms with Crippen molar-refractivity contribution >= 4 is 11.4 Å². The lowest BCUT2D eigenvalue weighted by Gasteiger charge is -1.99. The summed E-state index contributed by atoms with van der Waals surface area (Å²) in [6, 6.07) is 7.25. The summed E-state index contributed by atoms with van der Waals surface area (Å²) in [6.45, 7) is 2.09. The van der Waals surface area contributed by atoms with Crippen molar-refractivity contribution in [3.8, 4) is 0 Å². The molecule has 0 bridgehead atoms. The van der Waals surface area contributed by atoms with Gasteiger partial charge in [-0.15, -0.1) is 0 Å². The molecule has 0 fully saturated rings. The fourth-order valence-electron chi connectivity index (χ4n) is 1.09. The van der Waals surface area contributed by atoms with Crippen LogP contribution in [0.25, 0.3) is 0 Å². The van der Waals surface area contributed by atoms with Gasteiger partial charge in [0.15, 0.2) is 6.29 Å². The van der Waals surface area contributed by atoms with Crippen molar-refractivity contribution in [2.45, 2.75) is 38.9 Å². The van der Waals surface area contributed by atoms with E-state index in [0.717, 1.165) is 19.3 Å². The Labute approximate surface area is 96.9 Å². The zero-order valence-corrected chi connectivity index (χ0v) is 9.76. The highest BCUT2D eigenvalue weighted by Crippen LogP contribution is 2.10. The quantitative estimate of drug-likeness (QED) is 0.357. The van der Waals surface area contributed by atoms with Gasteiger partial charge < -0.3 is 21.7 Å². The van der Waals surface area contributed by atoms with Crippen molar-refractivity contribution in [3.63, 3.8) is 0 Å². The van der Waals surface area contributed by atoms with Gasteiger partial charge in [0.1, 0.15) is 0 Å². The molecule has 0 aliphatic carbocycles.